The molecule has 1 aliphatic rings. The molecule has 0 spiro atoms. The average Bonchev–Trinajstić information content (AvgIpc) is 2.80. The molecule has 13 heteroatoms. The van der Waals surface area contributed by atoms with Crippen molar-refractivity contribution >= 4 is 43.2 Å². The van der Waals surface area contributed by atoms with Gasteiger partial charge in [-0.15, -0.1) is 0 Å². The SMILES string of the molecule is C[C@H](CO)N1C[C@H](C)[C@@H](CN(C)S(C)(=O)=O)Oc2ccc(NS(=O)(=O)c3ccc(Cl)cc3)cc2C1=O. The fourth-order valence-electron chi connectivity index (χ4n) is 3.72. The molecule has 1 aliphatic heterocycles. The lowest BCUT2D eigenvalue weighted by molar-refractivity contribution is 0.0387. The molecule has 0 saturated carbocycles. The van der Waals surface area contributed by atoms with Gasteiger partial charge in [0.05, 0.1) is 35.9 Å². The van der Waals surface area contributed by atoms with Crippen LogP contribution >= 0.6 is 11.6 Å². The fraction of sp³-hybridized carbons (Fsp3) is 0.435. The number of halogens is 1. The van der Waals surface area contributed by atoms with Gasteiger partial charge in [0.25, 0.3) is 15.9 Å². The van der Waals surface area contributed by atoms with Gasteiger partial charge in [0.15, 0.2) is 0 Å². The van der Waals surface area contributed by atoms with Gasteiger partial charge in [0, 0.05) is 30.2 Å². The van der Waals surface area contributed by atoms with E-state index in [9.17, 15) is 26.7 Å². The van der Waals surface area contributed by atoms with Gasteiger partial charge in [-0.25, -0.2) is 21.1 Å². The van der Waals surface area contributed by atoms with Crippen molar-refractivity contribution in [1.82, 2.24) is 9.21 Å². The number of aliphatic hydroxyl groups excluding tert-OH is 1. The maximum Gasteiger partial charge on any atom is 0.261 e. The smallest absolute Gasteiger partial charge is 0.261 e. The zero-order valence-electron chi connectivity index (χ0n) is 20.4. The molecular weight excluding hydrogens is 530 g/mol. The van der Waals surface area contributed by atoms with Crippen LogP contribution in [0.25, 0.3) is 0 Å². The van der Waals surface area contributed by atoms with Crippen LogP contribution in [0.1, 0.15) is 24.2 Å². The molecule has 0 radical (unpaired) electrons. The Labute approximate surface area is 216 Å². The lowest BCUT2D eigenvalue weighted by atomic mass is 9.99. The maximum absolute atomic E-state index is 13.5. The monoisotopic (exact) mass is 559 g/mol. The highest BCUT2D eigenvalue weighted by Crippen LogP contribution is 2.31. The summed E-state index contributed by atoms with van der Waals surface area (Å²) in [7, 11) is -6.00. The molecule has 2 aromatic rings. The number of sulfonamides is 2. The van der Waals surface area contributed by atoms with E-state index in [0.717, 1.165) is 6.26 Å². The molecule has 198 valence electrons. The largest absolute Gasteiger partial charge is 0.488 e. The van der Waals surface area contributed by atoms with Crippen molar-refractivity contribution in [3.63, 3.8) is 0 Å². The number of rotatable bonds is 8. The summed E-state index contributed by atoms with van der Waals surface area (Å²) < 4.78 is 59.4. The van der Waals surface area contributed by atoms with E-state index in [1.165, 1.54) is 58.7 Å². The minimum atomic E-state index is -3.96. The molecule has 1 amide bonds. The van der Waals surface area contributed by atoms with Gasteiger partial charge < -0.3 is 14.7 Å². The van der Waals surface area contributed by atoms with E-state index in [1.54, 1.807) is 6.92 Å². The van der Waals surface area contributed by atoms with Crippen LogP contribution < -0.4 is 9.46 Å². The third-order valence-electron chi connectivity index (χ3n) is 6.04. The number of hydrogen-bond donors (Lipinski definition) is 2. The van der Waals surface area contributed by atoms with E-state index >= 15 is 0 Å². The number of carbonyl (C=O) groups excluding carboxylic acids is 1. The van der Waals surface area contributed by atoms with Crippen LogP contribution in [0, 0.1) is 5.92 Å². The molecular formula is C23H30ClN3O7S2. The predicted octanol–water partition coefficient (Wildman–Crippen LogP) is 2.25. The third kappa shape index (κ3) is 6.48. The lowest BCUT2D eigenvalue weighted by Crippen LogP contribution is -2.50. The number of likely N-dealkylation sites (N-methyl/N-ethyl adjacent to an activating group) is 1. The lowest BCUT2D eigenvalue weighted by Gasteiger charge is -2.38. The Balaban J connectivity index is 2.01. The number of nitrogens with one attached hydrogen (secondary N) is 1. The minimum Gasteiger partial charge on any atom is -0.488 e. The summed E-state index contributed by atoms with van der Waals surface area (Å²) in [6.07, 6.45) is 0.485. The van der Waals surface area contributed by atoms with E-state index in [4.69, 9.17) is 16.3 Å². The predicted molar refractivity (Wildman–Crippen MR) is 137 cm³/mol. The van der Waals surface area contributed by atoms with E-state index in [-0.39, 0.29) is 47.5 Å². The number of anilines is 1. The van der Waals surface area contributed by atoms with E-state index in [2.05, 4.69) is 4.72 Å². The number of nitrogens with zero attached hydrogens (tertiary/aromatic N) is 2. The summed E-state index contributed by atoms with van der Waals surface area (Å²) in [6.45, 7) is 3.48. The molecule has 0 fully saturated rings. The third-order valence-corrected chi connectivity index (χ3v) is 8.97. The van der Waals surface area contributed by atoms with Crippen molar-refractivity contribution in [3.05, 3.63) is 53.1 Å². The Morgan fingerprint density at radius 3 is 2.42 bits per heavy atom. The van der Waals surface area contributed by atoms with Crippen molar-refractivity contribution in [1.29, 1.82) is 0 Å². The normalized spacial score (nSPS) is 19.8. The molecule has 1 heterocycles. The Kier molecular flexibility index (Phi) is 8.56. The van der Waals surface area contributed by atoms with Gasteiger partial charge in [0.1, 0.15) is 11.9 Å². The van der Waals surface area contributed by atoms with E-state index in [1.807, 2.05) is 6.92 Å². The molecule has 0 unspecified atom stereocenters. The molecule has 0 saturated heterocycles. The number of benzene rings is 2. The number of carbonyl (C=O) groups is 1. The highest BCUT2D eigenvalue weighted by molar-refractivity contribution is 7.92. The molecule has 0 aliphatic carbocycles. The second-order valence-electron chi connectivity index (χ2n) is 8.94. The van der Waals surface area contributed by atoms with Crippen molar-refractivity contribution in [2.75, 3.05) is 37.7 Å². The summed E-state index contributed by atoms with van der Waals surface area (Å²) in [5.41, 5.74) is 0.223. The van der Waals surface area contributed by atoms with Crippen molar-refractivity contribution in [2.24, 2.45) is 5.92 Å². The Bertz CT molecular complexity index is 1320. The number of aliphatic hydroxyl groups is 1. The van der Waals surface area contributed by atoms with Gasteiger partial charge in [-0.3, -0.25) is 9.52 Å². The highest BCUT2D eigenvalue weighted by Gasteiger charge is 2.34. The van der Waals surface area contributed by atoms with Crippen LogP contribution in [0.3, 0.4) is 0 Å². The second-order valence-corrected chi connectivity index (χ2v) is 13.1. The first-order valence-electron chi connectivity index (χ1n) is 11.1. The quantitative estimate of drug-likeness (QED) is 0.506. The second kappa shape index (κ2) is 10.9. The molecule has 10 nitrogen and oxygen atoms in total. The van der Waals surface area contributed by atoms with Gasteiger partial charge in [-0.1, -0.05) is 18.5 Å². The van der Waals surface area contributed by atoms with Crippen LogP contribution in [-0.2, 0) is 20.0 Å². The van der Waals surface area contributed by atoms with Crippen LogP contribution in [-0.4, -0.2) is 82.2 Å². The summed E-state index contributed by atoms with van der Waals surface area (Å²) in [4.78, 5) is 15.0. The number of hydrogen-bond acceptors (Lipinski definition) is 7. The summed E-state index contributed by atoms with van der Waals surface area (Å²) in [5, 5.41) is 10.1. The molecule has 0 aromatic heterocycles. The van der Waals surface area contributed by atoms with Crippen molar-refractivity contribution in [2.45, 2.75) is 30.9 Å². The Morgan fingerprint density at radius 2 is 1.83 bits per heavy atom. The zero-order chi connectivity index (χ0) is 26.8. The molecule has 3 rings (SSSR count). The van der Waals surface area contributed by atoms with Gasteiger partial charge >= 0.3 is 0 Å². The summed E-state index contributed by atoms with van der Waals surface area (Å²) in [5.74, 6) is -0.535. The summed E-state index contributed by atoms with van der Waals surface area (Å²) in [6, 6.07) is 9.41. The van der Waals surface area contributed by atoms with Crippen LogP contribution in [0.4, 0.5) is 5.69 Å². The van der Waals surface area contributed by atoms with Gasteiger partial charge in [0.2, 0.25) is 10.0 Å². The maximum atomic E-state index is 13.5. The van der Waals surface area contributed by atoms with Crippen molar-refractivity contribution < 1.29 is 31.5 Å². The number of amides is 1. The Morgan fingerprint density at radius 1 is 1.19 bits per heavy atom. The van der Waals surface area contributed by atoms with Crippen LogP contribution in [0.15, 0.2) is 47.4 Å². The molecule has 3 atom stereocenters. The topological polar surface area (TPSA) is 133 Å². The molecule has 36 heavy (non-hydrogen) atoms. The minimum absolute atomic E-state index is 0.00514. The van der Waals surface area contributed by atoms with Gasteiger partial charge in [-0.05, 0) is 49.4 Å². The fourth-order valence-corrected chi connectivity index (χ4v) is 5.31. The molecule has 2 N–H and O–H groups in total. The van der Waals surface area contributed by atoms with Crippen molar-refractivity contribution in [3.8, 4) is 5.75 Å². The Hall–Kier alpha value is -2.38. The first-order chi connectivity index (χ1) is 16.7. The van der Waals surface area contributed by atoms with Gasteiger partial charge in [-0.2, -0.15) is 0 Å². The number of ether oxygens (including phenoxy) is 1. The van der Waals surface area contributed by atoms with Crippen LogP contribution in [0.5, 0.6) is 5.75 Å². The molecule has 0 bridgehead atoms. The zero-order valence-corrected chi connectivity index (χ0v) is 22.8. The van der Waals surface area contributed by atoms with E-state index < -0.39 is 38.1 Å². The first-order valence-corrected chi connectivity index (χ1v) is 14.9. The summed E-state index contributed by atoms with van der Waals surface area (Å²) >= 11 is 5.85. The standard InChI is InChI=1S/C23H30ClN3O7S2/c1-15-12-27(16(2)14-28)23(29)20-11-18(25-36(32,33)19-8-5-17(24)6-9-19)7-10-21(20)34-22(15)13-26(3)35(4,30)31/h5-11,15-16,22,25,28H,12-14H2,1-4H3/t15-,16+,22+/m0/s1. The molecule has 2 aromatic carbocycles. The van der Waals surface area contributed by atoms with E-state index in [0.29, 0.717) is 5.02 Å². The first kappa shape index (κ1) is 28.2. The van der Waals surface area contributed by atoms with Crippen LogP contribution in [0.2, 0.25) is 5.02 Å². The number of fused-ring (bicyclic) bond motifs is 1. The highest BCUT2D eigenvalue weighted by atomic mass is 35.5. The average molecular weight is 560 g/mol.